The second-order valence-corrected chi connectivity index (χ2v) is 10.3. The molecular weight excluding hydrogens is 544 g/mol. The molecule has 1 aliphatic carbocycles. The van der Waals surface area contributed by atoms with Gasteiger partial charge in [0.05, 0.1) is 29.9 Å². The van der Waals surface area contributed by atoms with Crippen molar-refractivity contribution >= 4 is 16.9 Å². The van der Waals surface area contributed by atoms with Gasteiger partial charge < -0.3 is 14.6 Å². The van der Waals surface area contributed by atoms with E-state index >= 15 is 0 Å². The van der Waals surface area contributed by atoms with Gasteiger partial charge in [-0.1, -0.05) is 0 Å². The Morgan fingerprint density at radius 2 is 1.95 bits per heavy atom. The lowest BCUT2D eigenvalue weighted by molar-refractivity contribution is -0.275. The van der Waals surface area contributed by atoms with E-state index in [1.807, 2.05) is 16.9 Å². The maximum atomic E-state index is 13.8. The lowest BCUT2D eigenvalue weighted by Gasteiger charge is -2.52. The molecule has 41 heavy (non-hydrogen) atoms. The molecule has 4 aromatic rings. The van der Waals surface area contributed by atoms with Crippen molar-refractivity contribution in [3.05, 3.63) is 60.6 Å². The minimum absolute atomic E-state index is 0.0779. The van der Waals surface area contributed by atoms with Crippen LogP contribution in [0.5, 0.6) is 5.75 Å². The summed E-state index contributed by atoms with van der Waals surface area (Å²) in [7, 11) is 0. The number of aromatic amines is 1. The van der Waals surface area contributed by atoms with Crippen molar-refractivity contribution < 1.29 is 27.1 Å². The highest BCUT2D eigenvalue weighted by Gasteiger charge is 2.49. The Morgan fingerprint density at radius 3 is 2.68 bits per heavy atom. The van der Waals surface area contributed by atoms with Crippen LogP contribution in [-0.2, 0) is 5.54 Å². The predicted molar refractivity (Wildman–Crippen MR) is 137 cm³/mol. The van der Waals surface area contributed by atoms with Crippen LogP contribution in [0.15, 0.2) is 49.2 Å². The number of halogens is 4. The van der Waals surface area contributed by atoms with Gasteiger partial charge in [-0.2, -0.15) is 10.4 Å². The number of alkyl halides is 3. The van der Waals surface area contributed by atoms with Gasteiger partial charge in [0, 0.05) is 61.1 Å². The number of hydrogen-bond acceptors (Lipinski definition) is 7. The third-order valence-electron chi connectivity index (χ3n) is 7.86. The number of H-pyrrole nitrogens is 1. The van der Waals surface area contributed by atoms with E-state index in [0.717, 1.165) is 40.5 Å². The number of fused-ring (bicyclic) bond motifs is 1. The zero-order chi connectivity index (χ0) is 28.8. The quantitative estimate of drug-likeness (QED) is 0.349. The fourth-order valence-electron chi connectivity index (χ4n) is 5.75. The van der Waals surface area contributed by atoms with E-state index in [4.69, 9.17) is 0 Å². The summed E-state index contributed by atoms with van der Waals surface area (Å²) in [5.41, 5.74) is 1.77. The first kappa shape index (κ1) is 26.7. The van der Waals surface area contributed by atoms with Gasteiger partial charge in [0.25, 0.3) is 5.91 Å². The van der Waals surface area contributed by atoms with Crippen LogP contribution in [0.3, 0.4) is 0 Å². The topological polar surface area (TPSA) is 116 Å². The lowest BCUT2D eigenvalue weighted by atomic mass is 9.70. The van der Waals surface area contributed by atoms with Crippen molar-refractivity contribution in [3.63, 3.8) is 0 Å². The first-order chi connectivity index (χ1) is 19.7. The molecule has 212 valence electrons. The number of ether oxygens (including phenoxy) is 1. The Balaban J connectivity index is 1.10. The largest absolute Gasteiger partial charge is 0.573 e. The van der Waals surface area contributed by atoms with Crippen LogP contribution in [0, 0.1) is 17.1 Å². The van der Waals surface area contributed by atoms with Crippen LogP contribution >= 0.6 is 0 Å². The molecule has 3 aromatic heterocycles. The smallest absolute Gasteiger partial charge is 0.403 e. The van der Waals surface area contributed by atoms with E-state index in [0.29, 0.717) is 45.4 Å². The number of carbonyl (C=O) groups is 1. The van der Waals surface area contributed by atoms with Gasteiger partial charge in [0.1, 0.15) is 12.0 Å². The highest BCUT2D eigenvalue weighted by molar-refractivity contribution is 5.94. The molecule has 1 N–H and O–H groups in total. The SMILES string of the molecule is N#CCC1(n2cc(-c3ncnc4[nH]ccc34)cn2)CC(N2CCN(C(=O)c3ccc(F)c(OC(F)(F)F)c3)CC2)C1. The van der Waals surface area contributed by atoms with Gasteiger partial charge in [-0.3, -0.25) is 14.4 Å². The van der Waals surface area contributed by atoms with E-state index in [-0.39, 0.29) is 11.6 Å². The summed E-state index contributed by atoms with van der Waals surface area (Å²) in [6.07, 6.45) is 3.58. The molecule has 1 amide bonds. The van der Waals surface area contributed by atoms with Gasteiger partial charge in [0.15, 0.2) is 11.6 Å². The number of piperazine rings is 1. The van der Waals surface area contributed by atoms with Gasteiger partial charge in [-0.25, -0.2) is 14.4 Å². The molecule has 2 fully saturated rings. The van der Waals surface area contributed by atoms with Crippen molar-refractivity contribution in [2.45, 2.75) is 37.2 Å². The van der Waals surface area contributed by atoms with E-state index in [9.17, 15) is 27.6 Å². The third kappa shape index (κ3) is 5.08. The molecule has 10 nitrogen and oxygen atoms in total. The van der Waals surface area contributed by atoms with Crippen LogP contribution in [0.1, 0.15) is 29.6 Å². The minimum atomic E-state index is -5.07. The number of amides is 1. The van der Waals surface area contributed by atoms with Crippen LogP contribution in [0.2, 0.25) is 0 Å². The lowest BCUT2D eigenvalue weighted by Crippen LogP contribution is -2.60. The Labute approximate surface area is 231 Å². The molecule has 14 heteroatoms. The predicted octanol–water partition coefficient (Wildman–Crippen LogP) is 4.09. The molecule has 0 atom stereocenters. The third-order valence-corrected chi connectivity index (χ3v) is 7.86. The average molecular weight is 569 g/mol. The maximum absolute atomic E-state index is 13.8. The summed E-state index contributed by atoms with van der Waals surface area (Å²) in [6.45, 7) is 1.84. The van der Waals surface area contributed by atoms with Gasteiger partial charge in [0.2, 0.25) is 0 Å². The molecule has 1 saturated carbocycles. The van der Waals surface area contributed by atoms with Crippen molar-refractivity contribution in [1.29, 1.82) is 5.26 Å². The minimum Gasteiger partial charge on any atom is -0.403 e. The Kier molecular flexibility index (Phi) is 6.61. The van der Waals surface area contributed by atoms with Crippen molar-refractivity contribution in [1.82, 2.24) is 34.5 Å². The number of nitrogens with one attached hydrogen (secondary N) is 1. The van der Waals surface area contributed by atoms with Crippen LogP contribution in [-0.4, -0.2) is 79.0 Å². The Morgan fingerprint density at radius 1 is 1.17 bits per heavy atom. The summed E-state index contributed by atoms with van der Waals surface area (Å²) >= 11 is 0. The zero-order valence-electron chi connectivity index (χ0n) is 21.6. The summed E-state index contributed by atoms with van der Waals surface area (Å²) in [5, 5.41) is 15.1. The van der Waals surface area contributed by atoms with E-state index in [1.54, 1.807) is 12.4 Å². The van der Waals surface area contributed by atoms with E-state index < -0.39 is 29.4 Å². The molecule has 0 spiro atoms. The Bertz CT molecular complexity index is 1630. The number of nitrogens with zero attached hydrogens (tertiary/aromatic N) is 7. The number of nitriles is 1. The normalized spacial score (nSPS) is 21.4. The fraction of sp³-hybridized carbons (Fsp3) is 0.370. The summed E-state index contributed by atoms with van der Waals surface area (Å²) in [5.74, 6) is -2.73. The number of rotatable bonds is 6. The summed E-state index contributed by atoms with van der Waals surface area (Å²) in [6, 6.07) is 7.11. The Hall–Kier alpha value is -4.51. The van der Waals surface area contributed by atoms with E-state index in [2.05, 4.69) is 35.8 Å². The molecule has 0 radical (unpaired) electrons. The number of aromatic nitrogens is 5. The molecule has 1 saturated heterocycles. The van der Waals surface area contributed by atoms with Gasteiger partial charge in [-0.05, 0) is 37.1 Å². The second kappa shape index (κ2) is 10.2. The summed E-state index contributed by atoms with van der Waals surface area (Å²) in [4.78, 5) is 28.4. The van der Waals surface area contributed by atoms with Crippen LogP contribution in [0.4, 0.5) is 17.6 Å². The number of carbonyl (C=O) groups excluding carboxylic acids is 1. The second-order valence-electron chi connectivity index (χ2n) is 10.3. The standard InChI is InChI=1S/C27H24F4N8O2/c28-21-2-1-17(11-22(21)41-27(29,30)31)25(40)38-9-7-37(8-10-38)19-12-26(13-19,4-5-32)39-15-18(14-36-39)23-20-3-6-33-24(20)35-16-34-23/h1-3,6,11,14-16,19H,4,7-10,12-13H2,(H,33,34,35). The first-order valence-corrected chi connectivity index (χ1v) is 12.9. The molecule has 1 aromatic carbocycles. The molecule has 4 heterocycles. The molecular formula is C27H24F4N8O2. The van der Waals surface area contributed by atoms with Crippen molar-refractivity contribution in [2.24, 2.45) is 0 Å². The van der Waals surface area contributed by atoms with E-state index in [1.165, 1.54) is 11.2 Å². The van der Waals surface area contributed by atoms with Crippen LogP contribution in [0.25, 0.3) is 22.3 Å². The van der Waals surface area contributed by atoms with Gasteiger partial charge in [-0.15, -0.1) is 13.2 Å². The van der Waals surface area contributed by atoms with Crippen LogP contribution < -0.4 is 4.74 Å². The average Bonchev–Trinajstić information content (AvgIpc) is 3.61. The fourth-order valence-corrected chi connectivity index (χ4v) is 5.75. The number of hydrogen-bond donors (Lipinski definition) is 1. The molecule has 6 rings (SSSR count). The molecule has 0 bridgehead atoms. The number of benzene rings is 1. The monoisotopic (exact) mass is 568 g/mol. The van der Waals surface area contributed by atoms with Crippen molar-refractivity contribution in [3.8, 4) is 23.1 Å². The molecule has 2 aliphatic rings. The molecule has 1 aliphatic heterocycles. The zero-order valence-corrected chi connectivity index (χ0v) is 21.6. The van der Waals surface area contributed by atoms with Crippen molar-refractivity contribution in [2.75, 3.05) is 26.2 Å². The van der Waals surface area contributed by atoms with Gasteiger partial charge >= 0.3 is 6.36 Å². The highest BCUT2D eigenvalue weighted by Crippen LogP contribution is 2.45. The first-order valence-electron chi connectivity index (χ1n) is 12.9. The maximum Gasteiger partial charge on any atom is 0.573 e. The molecule has 0 unspecified atom stereocenters. The highest BCUT2D eigenvalue weighted by atomic mass is 19.4. The summed E-state index contributed by atoms with van der Waals surface area (Å²) < 4.78 is 57.1.